The monoisotopic (exact) mass is 282 g/mol. The summed E-state index contributed by atoms with van der Waals surface area (Å²) < 4.78 is 2.03. The van der Waals surface area contributed by atoms with E-state index >= 15 is 0 Å². The third-order valence-corrected chi connectivity index (χ3v) is 3.11. The number of nitrogens with zero attached hydrogens (tertiary/aromatic N) is 4. The minimum atomic E-state index is -0.410. The first-order valence-electron chi connectivity index (χ1n) is 5.92. The quantitative estimate of drug-likeness (QED) is 0.480. The molecule has 1 aromatic carbocycles. The number of non-ortho nitro benzene ring substituents is 1. The minimum Gasteiger partial charge on any atom is -0.348 e. The Bertz CT molecular complexity index is 609. The Morgan fingerprint density at radius 3 is 2.79 bits per heavy atom. The molecule has 0 aliphatic heterocycles. The Morgan fingerprint density at radius 2 is 2.21 bits per heavy atom. The van der Waals surface area contributed by atoms with Gasteiger partial charge in [0, 0.05) is 38.7 Å². The van der Waals surface area contributed by atoms with Gasteiger partial charge in [-0.2, -0.15) is 0 Å². The molecule has 0 unspecified atom stereocenters. The average molecular weight is 283 g/mol. The number of hydrogen-bond donors (Lipinski definition) is 0. The first-order valence-corrected chi connectivity index (χ1v) is 6.46. The normalized spacial score (nSPS) is 10.9. The van der Waals surface area contributed by atoms with E-state index in [1.54, 1.807) is 6.07 Å². The average Bonchev–Trinajstić information content (AvgIpc) is 2.74. The summed E-state index contributed by atoms with van der Waals surface area (Å²) in [4.78, 5) is 16.7. The highest BCUT2D eigenvalue weighted by molar-refractivity contribution is 6.17. The van der Waals surface area contributed by atoms with E-state index in [0.717, 1.165) is 24.4 Å². The molecule has 7 heteroatoms. The molecule has 0 amide bonds. The van der Waals surface area contributed by atoms with Gasteiger partial charge in [0.15, 0.2) is 0 Å². The van der Waals surface area contributed by atoms with E-state index in [1.807, 2.05) is 23.6 Å². The van der Waals surface area contributed by atoms with Crippen molar-refractivity contribution in [2.75, 3.05) is 24.9 Å². The van der Waals surface area contributed by atoms with Gasteiger partial charge in [0.2, 0.25) is 5.95 Å². The maximum Gasteiger partial charge on any atom is 0.271 e. The number of anilines is 1. The number of aryl methyl sites for hydroxylation is 1. The molecule has 102 valence electrons. The van der Waals surface area contributed by atoms with Crippen molar-refractivity contribution in [3.05, 3.63) is 28.3 Å². The minimum absolute atomic E-state index is 0.0554. The fourth-order valence-corrected chi connectivity index (χ4v) is 2.12. The van der Waals surface area contributed by atoms with Crippen molar-refractivity contribution in [2.45, 2.75) is 13.0 Å². The van der Waals surface area contributed by atoms with Crippen LogP contribution in [0.25, 0.3) is 11.0 Å². The topological polar surface area (TPSA) is 64.2 Å². The third kappa shape index (κ3) is 2.63. The van der Waals surface area contributed by atoms with Gasteiger partial charge in [0.25, 0.3) is 5.69 Å². The van der Waals surface area contributed by atoms with Crippen molar-refractivity contribution in [1.82, 2.24) is 9.55 Å². The SMILES string of the molecule is CN(C)c1nc2cc([N+](=O)[O-])ccc2n1CCCCl. The van der Waals surface area contributed by atoms with Gasteiger partial charge >= 0.3 is 0 Å². The smallest absolute Gasteiger partial charge is 0.271 e. The fraction of sp³-hybridized carbons (Fsp3) is 0.417. The van der Waals surface area contributed by atoms with Crippen LogP contribution in [-0.4, -0.2) is 34.4 Å². The van der Waals surface area contributed by atoms with Crippen LogP contribution < -0.4 is 4.90 Å². The number of aromatic nitrogens is 2. The molecular formula is C12H15ClN4O2. The highest BCUT2D eigenvalue weighted by atomic mass is 35.5. The van der Waals surface area contributed by atoms with E-state index in [1.165, 1.54) is 12.1 Å². The summed E-state index contributed by atoms with van der Waals surface area (Å²) >= 11 is 5.73. The molecule has 0 N–H and O–H groups in total. The van der Waals surface area contributed by atoms with Gasteiger partial charge in [-0.1, -0.05) is 0 Å². The van der Waals surface area contributed by atoms with Crippen molar-refractivity contribution < 1.29 is 4.92 Å². The lowest BCUT2D eigenvalue weighted by atomic mass is 10.3. The summed E-state index contributed by atoms with van der Waals surface area (Å²) in [5.41, 5.74) is 1.58. The van der Waals surface area contributed by atoms with Crippen LogP contribution in [0.15, 0.2) is 18.2 Å². The Balaban J connectivity index is 2.56. The van der Waals surface area contributed by atoms with Gasteiger partial charge in [-0.3, -0.25) is 10.1 Å². The molecule has 0 spiro atoms. The van der Waals surface area contributed by atoms with Crippen molar-refractivity contribution in [2.24, 2.45) is 0 Å². The summed E-state index contributed by atoms with van der Waals surface area (Å²) in [6, 6.07) is 4.74. The van der Waals surface area contributed by atoms with E-state index in [4.69, 9.17) is 11.6 Å². The van der Waals surface area contributed by atoms with E-state index in [-0.39, 0.29) is 5.69 Å². The summed E-state index contributed by atoms with van der Waals surface area (Å²) in [5, 5.41) is 10.8. The Kier molecular flexibility index (Phi) is 3.90. The molecule has 19 heavy (non-hydrogen) atoms. The lowest BCUT2D eigenvalue weighted by Crippen LogP contribution is -2.15. The Morgan fingerprint density at radius 1 is 1.47 bits per heavy atom. The number of benzene rings is 1. The van der Waals surface area contributed by atoms with Crippen LogP contribution in [0.1, 0.15) is 6.42 Å². The number of nitro benzene ring substituents is 1. The van der Waals surface area contributed by atoms with Gasteiger partial charge in [0.1, 0.15) is 0 Å². The second-order valence-corrected chi connectivity index (χ2v) is 4.81. The van der Waals surface area contributed by atoms with E-state index in [9.17, 15) is 10.1 Å². The van der Waals surface area contributed by atoms with Gasteiger partial charge in [0.05, 0.1) is 16.0 Å². The summed E-state index contributed by atoms with van der Waals surface area (Å²) in [6.45, 7) is 0.741. The molecule has 0 saturated heterocycles. The van der Waals surface area contributed by atoms with Gasteiger partial charge in [-0.05, 0) is 12.5 Å². The zero-order chi connectivity index (χ0) is 14.0. The van der Waals surface area contributed by atoms with Gasteiger partial charge < -0.3 is 9.47 Å². The zero-order valence-corrected chi connectivity index (χ0v) is 11.6. The number of hydrogen-bond acceptors (Lipinski definition) is 4. The largest absolute Gasteiger partial charge is 0.348 e. The van der Waals surface area contributed by atoms with Crippen LogP contribution in [0.4, 0.5) is 11.6 Å². The molecule has 0 aliphatic carbocycles. The molecule has 0 radical (unpaired) electrons. The number of imidazole rings is 1. The lowest BCUT2D eigenvalue weighted by molar-refractivity contribution is -0.384. The highest BCUT2D eigenvalue weighted by Gasteiger charge is 2.15. The molecule has 1 heterocycles. The van der Waals surface area contributed by atoms with Crippen LogP contribution in [-0.2, 0) is 6.54 Å². The van der Waals surface area contributed by atoms with E-state index in [0.29, 0.717) is 11.4 Å². The molecule has 0 saturated carbocycles. The Labute approximate surface area is 115 Å². The molecule has 0 bridgehead atoms. The summed E-state index contributed by atoms with van der Waals surface area (Å²) in [7, 11) is 3.79. The predicted molar refractivity (Wildman–Crippen MR) is 76.1 cm³/mol. The molecule has 1 aromatic heterocycles. The van der Waals surface area contributed by atoms with Crippen LogP contribution >= 0.6 is 11.6 Å². The maximum atomic E-state index is 10.8. The number of alkyl halides is 1. The van der Waals surface area contributed by atoms with E-state index < -0.39 is 4.92 Å². The zero-order valence-electron chi connectivity index (χ0n) is 10.8. The standard InChI is InChI=1S/C12H15ClN4O2/c1-15(2)12-14-10-8-9(17(18)19)4-5-11(10)16(12)7-3-6-13/h4-5,8H,3,6-7H2,1-2H3. The molecule has 0 aliphatic rings. The van der Waals surface area contributed by atoms with Gasteiger partial charge in [-0.15, -0.1) is 11.6 Å². The number of fused-ring (bicyclic) bond motifs is 1. The molecule has 2 aromatic rings. The first-order chi connectivity index (χ1) is 9.04. The first kappa shape index (κ1) is 13.6. The van der Waals surface area contributed by atoms with Crippen LogP contribution in [0.2, 0.25) is 0 Å². The molecule has 2 rings (SSSR count). The molecule has 6 nitrogen and oxygen atoms in total. The second-order valence-electron chi connectivity index (χ2n) is 4.43. The maximum absolute atomic E-state index is 10.8. The summed E-state index contributed by atoms with van der Waals surface area (Å²) in [6.07, 6.45) is 0.824. The van der Waals surface area contributed by atoms with Crippen molar-refractivity contribution in [3.63, 3.8) is 0 Å². The second kappa shape index (κ2) is 5.44. The van der Waals surface area contributed by atoms with Crippen LogP contribution in [0, 0.1) is 10.1 Å². The van der Waals surface area contributed by atoms with Crippen molar-refractivity contribution in [1.29, 1.82) is 0 Å². The predicted octanol–water partition coefficient (Wildman–Crippen LogP) is 2.64. The third-order valence-electron chi connectivity index (χ3n) is 2.84. The van der Waals surface area contributed by atoms with Gasteiger partial charge in [-0.25, -0.2) is 4.98 Å². The van der Waals surface area contributed by atoms with E-state index in [2.05, 4.69) is 4.98 Å². The Hall–Kier alpha value is -1.82. The fourth-order valence-electron chi connectivity index (χ4n) is 2.00. The summed E-state index contributed by atoms with van der Waals surface area (Å²) in [5.74, 6) is 1.35. The van der Waals surface area contributed by atoms with Crippen LogP contribution in [0.5, 0.6) is 0 Å². The number of nitro groups is 1. The number of rotatable bonds is 5. The lowest BCUT2D eigenvalue weighted by Gasteiger charge is -2.14. The highest BCUT2D eigenvalue weighted by Crippen LogP contribution is 2.25. The van der Waals surface area contributed by atoms with Crippen molar-refractivity contribution in [3.8, 4) is 0 Å². The molecule has 0 fully saturated rings. The molecule has 0 atom stereocenters. The van der Waals surface area contributed by atoms with Crippen LogP contribution in [0.3, 0.4) is 0 Å². The molecular weight excluding hydrogens is 268 g/mol. The van der Waals surface area contributed by atoms with Crippen molar-refractivity contribution >= 4 is 34.3 Å². The number of halogens is 1.